The molecule has 25 heavy (non-hydrogen) atoms. The number of esters is 1. The van der Waals surface area contributed by atoms with E-state index in [1.165, 1.54) is 0 Å². The predicted octanol–water partition coefficient (Wildman–Crippen LogP) is 2.29. The van der Waals surface area contributed by atoms with Crippen LogP contribution in [-0.2, 0) is 14.3 Å². The van der Waals surface area contributed by atoms with Crippen molar-refractivity contribution in [2.45, 2.75) is 63.4 Å². The molecule has 2 heterocycles. The Morgan fingerprint density at radius 1 is 1.36 bits per heavy atom. The standard InChI is InChI=1S/C20H28O5/c1-12-10-16-17(25-16)20(4,23)9-7-13-14(6-5-8-19(2,3)22)18(21)24-11-15(12)13/h5-6,8,13,15-17,22-23H,1,7,9-11H2,2-4H3/b8-5+,14-6+/t13-,15+,16-,17-,20+/m1/s1. The average molecular weight is 348 g/mol. The van der Waals surface area contributed by atoms with Gasteiger partial charge in [-0.05, 0) is 40.0 Å². The number of rotatable bonds is 2. The Morgan fingerprint density at radius 2 is 2.08 bits per heavy atom. The third-order valence-corrected chi connectivity index (χ3v) is 5.44. The van der Waals surface area contributed by atoms with Crippen LogP contribution in [0.4, 0.5) is 0 Å². The molecule has 0 radical (unpaired) electrons. The summed E-state index contributed by atoms with van der Waals surface area (Å²) < 4.78 is 11.0. The molecule has 1 aliphatic carbocycles. The summed E-state index contributed by atoms with van der Waals surface area (Å²) in [6.45, 7) is 9.69. The molecular formula is C20H28O5. The van der Waals surface area contributed by atoms with Gasteiger partial charge in [-0.1, -0.05) is 30.4 Å². The van der Waals surface area contributed by atoms with Crippen molar-refractivity contribution in [1.29, 1.82) is 0 Å². The van der Waals surface area contributed by atoms with Gasteiger partial charge in [-0.25, -0.2) is 4.79 Å². The molecule has 0 spiro atoms. The molecule has 138 valence electrons. The zero-order valence-corrected chi connectivity index (χ0v) is 15.2. The second kappa shape index (κ2) is 6.38. The Hall–Kier alpha value is -1.43. The number of aliphatic hydroxyl groups is 2. The van der Waals surface area contributed by atoms with Crippen molar-refractivity contribution in [3.05, 3.63) is 36.0 Å². The Bertz CT molecular complexity index is 622. The molecule has 3 fully saturated rings. The molecule has 5 heteroatoms. The summed E-state index contributed by atoms with van der Waals surface area (Å²) >= 11 is 0. The van der Waals surface area contributed by atoms with E-state index in [1.807, 2.05) is 0 Å². The van der Waals surface area contributed by atoms with Crippen LogP contribution < -0.4 is 0 Å². The zero-order chi connectivity index (χ0) is 18.4. The minimum absolute atomic E-state index is 0.0152. The second-order valence-corrected chi connectivity index (χ2v) is 8.30. The van der Waals surface area contributed by atoms with Crippen molar-refractivity contribution in [1.82, 2.24) is 0 Å². The van der Waals surface area contributed by atoms with Crippen LogP contribution in [0.1, 0.15) is 40.0 Å². The molecular weight excluding hydrogens is 320 g/mol. The van der Waals surface area contributed by atoms with Gasteiger partial charge in [-0.2, -0.15) is 0 Å². The third-order valence-electron chi connectivity index (χ3n) is 5.44. The molecule has 2 aliphatic heterocycles. The normalized spacial score (nSPS) is 40.8. The number of epoxide rings is 1. The monoisotopic (exact) mass is 348 g/mol. The van der Waals surface area contributed by atoms with Gasteiger partial charge in [0, 0.05) is 17.4 Å². The lowest BCUT2D eigenvalue weighted by Gasteiger charge is -2.35. The summed E-state index contributed by atoms with van der Waals surface area (Å²) in [5, 5.41) is 20.5. The summed E-state index contributed by atoms with van der Waals surface area (Å²) in [5.74, 6) is -0.322. The van der Waals surface area contributed by atoms with Gasteiger partial charge >= 0.3 is 5.97 Å². The summed E-state index contributed by atoms with van der Waals surface area (Å²) in [5.41, 5.74) is -0.237. The SMILES string of the molecule is C=C1C[C@H]2O[C@H]2[C@@](C)(O)CC[C@@H]2/C(=C\C=C\C(C)(C)O)C(=O)OC[C@@H]12. The number of cyclic esters (lactones) is 1. The fourth-order valence-corrected chi connectivity index (χ4v) is 3.92. The molecule has 2 saturated heterocycles. The lowest BCUT2D eigenvalue weighted by molar-refractivity contribution is -0.145. The van der Waals surface area contributed by atoms with Crippen molar-refractivity contribution in [2.75, 3.05) is 6.61 Å². The summed E-state index contributed by atoms with van der Waals surface area (Å²) in [4.78, 5) is 12.3. The first-order valence-corrected chi connectivity index (χ1v) is 8.93. The first-order chi connectivity index (χ1) is 11.6. The Morgan fingerprint density at radius 3 is 2.76 bits per heavy atom. The minimum atomic E-state index is -0.945. The molecule has 5 nitrogen and oxygen atoms in total. The van der Waals surface area contributed by atoms with Gasteiger partial charge in [-0.3, -0.25) is 0 Å². The van der Waals surface area contributed by atoms with Crippen LogP contribution in [0.3, 0.4) is 0 Å². The lowest BCUT2D eigenvalue weighted by Crippen LogP contribution is -2.36. The zero-order valence-electron chi connectivity index (χ0n) is 15.2. The van der Waals surface area contributed by atoms with Crippen molar-refractivity contribution < 1.29 is 24.5 Å². The van der Waals surface area contributed by atoms with E-state index < -0.39 is 11.2 Å². The second-order valence-electron chi connectivity index (χ2n) is 8.30. The van der Waals surface area contributed by atoms with Crippen molar-refractivity contribution in [3.63, 3.8) is 0 Å². The van der Waals surface area contributed by atoms with E-state index in [1.54, 1.807) is 39.0 Å². The van der Waals surface area contributed by atoms with Crippen LogP contribution in [0.5, 0.6) is 0 Å². The van der Waals surface area contributed by atoms with Crippen molar-refractivity contribution in [3.8, 4) is 0 Å². The Kier molecular flexibility index (Phi) is 4.69. The summed E-state index contributed by atoms with van der Waals surface area (Å²) in [7, 11) is 0. The minimum Gasteiger partial charge on any atom is -0.462 e. The first kappa shape index (κ1) is 18.4. The van der Waals surface area contributed by atoms with E-state index in [0.717, 1.165) is 5.57 Å². The van der Waals surface area contributed by atoms with Crippen LogP contribution in [0.15, 0.2) is 36.0 Å². The van der Waals surface area contributed by atoms with E-state index in [0.29, 0.717) is 31.4 Å². The highest BCUT2D eigenvalue weighted by Gasteiger charge is 2.53. The van der Waals surface area contributed by atoms with Crippen LogP contribution >= 0.6 is 0 Å². The van der Waals surface area contributed by atoms with E-state index in [2.05, 4.69) is 6.58 Å². The number of carbonyl (C=O) groups excluding carboxylic acids is 1. The molecule has 1 saturated carbocycles. The molecule has 0 aromatic carbocycles. The highest BCUT2D eigenvalue weighted by molar-refractivity contribution is 5.90. The molecule has 3 rings (SSSR count). The Balaban J connectivity index is 1.88. The van der Waals surface area contributed by atoms with Gasteiger partial charge in [-0.15, -0.1) is 0 Å². The van der Waals surface area contributed by atoms with E-state index in [4.69, 9.17) is 9.47 Å². The predicted molar refractivity (Wildman–Crippen MR) is 93.7 cm³/mol. The van der Waals surface area contributed by atoms with Crippen LogP contribution in [-0.4, -0.2) is 46.2 Å². The van der Waals surface area contributed by atoms with E-state index in [-0.39, 0.29) is 30.0 Å². The van der Waals surface area contributed by atoms with Gasteiger partial charge in [0.1, 0.15) is 6.10 Å². The number of hydrogen-bond donors (Lipinski definition) is 2. The maximum absolute atomic E-state index is 12.3. The molecule has 0 bridgehead atoms. The molecule has 2 N–H and O–H groups in total. The average Bonchev–Trinajstić information content (AvgIpc) is 3.25. The largest absolute Gasteiger partial charge is 0.462 e. The maximum atomic E-state index is 12.3. The fourth-order valence-electron chi connectivity index (χ4n) is 3.92. The van der Waals surface area contributed by atoms with Crippen LogP contribution in [0, 0.1) is 11.8 Å². The van der Waals surface area contributed by atoms with E-state index in [9.17, 15) is 15.0 Å². The maximum Gasteiger partial charge on any atom is 0.334 e. The van der Waals surface area contributed by atoms with Crippen LogP contribution in [0.25, 0.3) is 0 Å². The number of hydrogen-bond acceptors (Lipinski definition) is 5. The summed E-state index contributed by atoms with van der Waals surface area (Å²) in [6, 6.07) is 0. The molecule has 0 aromatic heterocycles. The first-order valence-electron chi connectivity index (χ1n) is 8.93. The van der Waals surface area contributed by atoms with Gasteiger partial charge < -0.3 is 19.7 Å². The molecule has 0 unspecified atom stereocenters. The topological polar surface area (TPSA) is 79.3 Å². The van der Waals surface area contributed by atoms with Crippen molar-refractivity contribution in [2.24, 2.45) is 11.8 Å². The smallest absolute Gasteiger partial charge is 0.334 e. The molecule has 3 aliphatic rings. The third kappa shape index (κ3) is 4.05. The number of ether oxygens (including phenoxy) is 2. The fraction of sp³-hybridized carbons (Fsp3) is 0.650. The van der Waals surface area contributed by atoms with Gasteiger partial charge in [0.05, 0.1) is 23.9 Å². The summed E-state index contributed by atoms with van der Waals surface area (Å²) in [6.07, 6.45) is 6.85. The van der Waals surface area contributed by atoms with Gasteiger partial charge in [0.15, 0.2) is 0 Å². The van der Waals surface area contributed by atoms with Gasteiger partial charge in [0.25, 0.3) is 0 Å². The number of carbonyl (C=O) groups is 1. The van der Waals surface area contributed by atoms with Gasteiger partial charge in [0.2, 0.25) is 0 Å². The van der Waals surface area contributed by atoms with E-state index >= 15 is 0 Å². The lowest BCUT2D eigenvalue weighted by atomic mass is 9.76. The highest BCUT2D eigenvalue weighted by Crippen LogP contribution is 2.46. The highest BCUT2D eigenvalue weighted by atomic mass is 16.6. The van der Waals surface area contributed by atoms with Crippen molar-refractivity contribution >= 4 is 5.97 Å². The Labute approximate surface area is 149 Å². The number of allylic oxidation sites excluding steroid dienone is 2. The molecule has 5 atom stereocenters. The number of fused-ring (bicyclic) bond motifs is 2. The quantitative estimate of drug-likeness (QED) is 0.346. The molecule has 0 amide bonds. The van der Waals surface area contributed by atoms with Crippen LogP contribution in [0.2, 0.25) is 0 Å². The molecule has 0 aromatic rings.